The predicted octanol–water partition coefficient (Wildman–Crippen LogP) is 4.80. The van der Waals surface area contributed by atoms with Gasteiger partial charge in [0, 0.05) is 11.1 Å². The SMILES string of the molecule is Cc1c(C)c2c(c(C)c1O)Oc1c(C)c(O)c(C)c(C)c1N2. The molecule has 0 amide bonds. The molecule has 0 radical (unpaired) electrons. The first-order chi connectivity index (χ1) is 10.3. The summed E-state index contributed by atoms with van der Waals surface area (Å²) in [6.07, 6.45) is 0. The Hall–Kier alpha value is -2.36. The molecule has 0 spiro atoms. The second-order valence-corrected chi connectivity index (χ2v) is 6.08. The molecule has 4 nitrogen and oxygen atoms in total. The third-order valence-electron chi connectivity index (χ3n) is 4.89. The van der Waals surface area contributed by atoms with Crippen LogP contribution in [0.4, 0.5) is 11.4 Å². The van der Waals surface area contributed by atoms with Crippen LogP contribution in [0.2, 0.25) is 0 Å². The molecule has 0 fully saturated rings. The minimum Gasteiger partial charge on any atom is -0.507 e. The van der Waals surface area contributed by atoms with Crippen molar-refractivity contribution in [1.29, 1.82) is 0 Å². The van der Waals surface area contributed by atoms with Gasteiger partial charge >= 0.3 is 0 Å². The number of phenols is 2. The minimum absolute atomic E-state index is 0.257. The molecule has 1 aliphatic rings. The third kappa shape index (κ3) is 1.70. The highest BCUT2D eigenvalue weighted by atomic mass is 16.5. The van der Waals surface area contributed by atoms with Crippen molar-refractivity contribution < 1.29 is 14.9 Å². The van der Waals surface area contributed by atoms with Gasteiger partial charge in [-0.05, 0) is 63.8 Å². The van der Waals surface area contributed by atoms with Gasteiger partial charge in [-0.15, -0.1) is 0 Å². The lowest BCUT2D eigenvalue weighted by Crippen LogP contribution is -2.10. The molecule has 4 heteroatoms. The van der Waals surface area contributed by atoms with Crippen molar-refractivity contribution in [2.24, 2.45) is 0 Å². The molecular formula is C18H21NO3. The summed E-state index contributed by atoms with van der Waals surface area (Å²) in [4.78, 5) is 0. The van der Waals surface area contributed by atoms with E-state index in [1.807, 2.05) is 41.5 Å². The lowest BCUT2D eigenvalue weighted by Gasteiger charge is -2.29. The third-order valence-corrected chi connectivity index (χ3v) is 4.89. The van der Waals surface area contributed by atoms with E-state index in [0.717, 1.165) is 33.6 Å². The fourth-order valence-corrected chi connectivity index (χ4v) is 3.01. The van der Waals surface area contributed by atoms with Crippen molar-refractivity contribution in [2.45, 2.75) is 41.5 Å². The molecule has 0 bridgehead atoms. The Morgan fingerprint density at radius 1 is 0.591 bits per heavy atom. The molecule has 1 aliphatic heterocycles. The molecule has 0 aliphatic carbocycles. The van der Waals surface area contributed by atoms with Gasteiger partial charge < -0.3 is 20.3 Å². The highest BCUT2D eigenvalue weighted by Gasteiger charge is 2.28. The van der Waals surface area contributed by atoms with Crippen LogP contribution < -0.4 is 10.1 Å². The van der Waals surface area contributed by atoms with Gasteiger partial charge in [-0.2, -0.15) is 0 Å². The lowest BCUT2D eigenvalue weighted by molar-refractivity contribution is 0.431. The molecule has 0 unspecified atom stereocenters. The van der Waals surface area contributed by atoms with Gasteiger partial charge in [0.05, 0.1) is 11.4 Å². The average Bonchev–Trinajstić information content (AvgIpc) is 2.52. The standard InChI is InChI=1S/C18H21NO3/c1-7-9(3)15(20)11(5)17-13(7)19-14-8(2)10(4)16(21)12(6)18(14)22-17/h19-21H,1-6H3. The zero-order valence-corrected chi connectivity index (χ0v) is 13.8. The number of rotatable bonds is 0. The maximum Gasteiger partial charge on any atom is 0.157 e. The zero-order valence-electron chi connectivity index (χ0n) is 13.8. The summed E-state index contributed by atoms with van der Waals surface area (Å²) in [5, 5.41) is 24.0. The number of hydrogen-bond donors (Lipinski definition) is 3. The molecule has 0 saturated carbocycles. The number of benzene rings is 2. The zero-order chi connectivity index (χ0) is 16.3. The molecule has 0 saturated heterocycles. The molecule has 116 valence electrons. The largest absolute Gasteiger partial charge is 0.507 e. The Morgan fingerprint density at radius 3 is 1.32 bits per heavy atom. The van der Waals surface area contributed by atoms with Crippen molar-refractivity contribution >= 4 is 11.4 Å². The van der Waals surface area contributed by atoms with Crippen molar-refractivity contribution in [3.8, 4) is 23.0 Å². The summed E-state index contributed by atoms with van der Waals surface area (Å²) in [5.41, 5.74) is 6.79. The van der Waals surface area contributed by atoms with Crippen LogP contribution in [0.25, 0.3) is 0 Å². The predicted molar refractivity (Wildman–Crippen MR) is 88.0 cm³/mol. The first kappa shape index (κ1) is 14.6. The number of ether oxygens (including phenoxy) is 1. The monoisotopic (exact) mass is 299 g/mol. The molecule has 3 N–H and O–H groups in total. The Bertz CT molecular complexity index is 687. The Labute approximate surface area is 130 Å². The minimum atomic E-state index is 0.257. The maximum absolute atomic E-state index is 10.3. The number of hydrogen-bond acceptors (Lipinski definition) is 4. The van der Waals surface area contributed by atoms with E-state index >= 15 is 0 Å². The number of aromatic hydroxyl groups is 2. The first-order valence-electron chi connectivity index (χ1n) is 7.36. The van der Waals surface area contributed by atoms with Gasteiger partial charge in [0.15, 0.2) is 11.5 Å². The van der Waals surface area contributed by atoms with Gasteiger partial charge in [-0.3, -0.25) is 0 Å². The Morgan fingerprint density at radius 2 is 0.955 bits per heavy atom. The summed E-state index contributed by atoms with van der Waals surface area (Å²) in [6.45, 7) is 11.4. The lowest BCUT2D eigenvalue weighted by atomic mass is 9.96. The number of fused-ring (bicyclic) bond motifs is 2. The number of anilines is 2. The molecule has 0 aromatic heterocycles. The second kappa shape index (κ2) is 4.57. The van der Waals surface area contributed by atoms with Crippen LogP contribution in [-0.4, -0.2) is 10.2 Å². The van der Waals surface area contributed by atoms with Crippen LogP contribution in [0, 0.1) is 41.5 Å². The fraction of sp³-hybridized carbons (Fsp3) is 0.333. The van der Waals surface area contributed by atoms with Crippen LogP contribution in [0.3, 0.4) is 0 Å². The highest BCUT2D eigenvalue weighted by Crippen LogP contribution is 2.53. The molecule has 22 heavy (non-hydrogen) atoms. The summed E-state index contributed by atoms with van der Waals surface area (Å²) < 4.78 is 6.09. The molecule has 1 heterocycles. The highest BCUT2D eigenvalue weighted by molar-refractivity contribution is 5.85. The number of nitrogens with one attached hydrogen (secondary N) is 1. The molecule has 3 rings (SSSR count). The smallest absolute Gasteiger partial charge is 0.157 e. The quantitative estimate of drug-likeness (QED) is 0.522. The molecule has 0 atom stereocenters. The van der Waals surface area contributed by atoms with E-state index in [1.54, 1.807) is 0 Å². The van der Waals surface area contributed by atoms with E-state index in [1.165, 1.54) is 0 Å². The average molecular weight is 299 g/mol. The normalized spacial score (nSPS) is 12.3. The second-order valence-electron chi connectivity index (χ2n) is 6.08. The van der Waals surface area contributed by atoms with E-state index < -0.39 is 0 Å². The first-order valence-corrected chi connectivity index (χ1v) is 7.36. The van der Waals surface area contributed by atoms with Gasteiger partial charge in [0.1, 0.15) is 11.5 Å². The van der Waals surface area contributed by atoms with Crippen LogP contribution in [0.1, 0.15) is 33.4 Å². The van der Waals surface area contributed by atoms with E-state index in [0.29, 0.717) is 22.6 Å². The van der Waals surface area contributed by atoms with Crippen molar-refractivity contribution in [2.75, 3.05) is 5.32 Å². The van der Waals surface area contributed by atoms with E-state index in [2.05, 4.69) is 5.32 Å². The van der Waals surface area contributed by atoms with Crippen molar-refractivity contribution in [1.82, 2.24) is 0 Å². The molecule has 2 aromatic rings. The molecular weight excluding hydrogens is 278 g/mol. The van der Waals surface area contributed by atoms with Crippen LogP contribution >= 0.6 is 0 Å². The van der Waals surface area contributed by atoms with Gasteiger partial charge in [0.2, 0.25) is 0 Å². The number of phenolic OH excluding ortho intramolecular Hbond substituents is 2. The van der Waals surface area contributed by atoms with Crippen molar-refractivity contribution in [3.05, 3.63) is 33.4 Å². The van der Waals surface area contributed by atoms with Crippen LogP contribution in [0.5, 0.6) is 23.0 Å². The van der Waals surface area contributed by atoms with Gasteiger partial charge in [-0.1, -0.05) is 0 Å². The van der Waals surface area contributed by atoms with Gasteiger partial charge in [-0.25, -0.2) is 0 Å². The van der Waals surface area contributed by atoms with E-state index in [9.17, 15) is 10.2 Å². The summed E-state index contributed by atoms with van der Waals surface area (Å²) in [7, 11) is 0. The topological polar surface area (TPSA) is 61.7 Å². The summed E-state index contributed by atoms with van der Waals surface area (Å²) in [5.74, 6) is 1.76. The van der Waals surface area contributed by atoms with E-state index in [-0.39, 0.29) is 11.5 Å². The van der Waals surface area contributed by atoms with Crippen LogP contribution in [0.15, 0.2) is 0 Å². The summed E-state index contributed by atoms with van der Waals surface area (Å²) in [6, 6.07) is 0. The van der Waals surface area contributed by atoms with Crippen molar-refractivity contribution in [3.63, 3.8) is 0 Å². The summed E-state index contributed by atoms with van der Waals surface area (Å²) >= 11 is 0. The van der Waals surface area contributed by atoms with E-state index in [4.69, 9.17) is 4.74 Å². The maximum atomic E-state index is 10.3. The van der Waals surface area contributed by atoms with Gasteiger partial charge in [0.25, 0.3) is 0 Å². The van der Waals surface area contributed by atoms with Crippen LogP contribution in [-0.2, 0) is 0 Å². The molecule has 2 aromatic carbocycles. The Kier molecular flexibility index (Phi) is 3.02. The fourth-order valence-electron chi connectivity index (χ4n) is 3.01. The Balaban J connectivity index is 2.32.